The third-order valence-electron chi connectivity index (χ3n) is 2.20. The monoisotopic (exact) mass is 217 g/mol. The van der Waals surface area contributed by atoms with Gasteiger partial charge in [0.1, 0.15) is 0 Å². The van der Waals surface area contributed by atoms with E-state index >= 15 is 0 Å². The number of nitrogens with zero attached hydrogens (tertiary/aromatic N) is 1. The van der Waals surface area contributed by atoms with Crippen LogP contribution in [0.15, 0.2) is 0 Å². The summed E-state index contributed by atoms with van der Waals surface area (Å²) in [5, 5.41) is 8.58. The van der Waals surface area contributed by atoms with Crippen LogP contribution in [0.1, 0.15) is 26.7 Å². The molecule has 0 bridgehead atoms. The van der Waals surface area contributed by atoms with Crippen LogP contribution in [-0.4, -0.2) is 48.2 Å². The predicted molar refractivity (Wildman–Crippen MR) is 55.6 cm³/mol. The van der Waals surface area contributed by atoms with E-state index in [1.165, 1.54) is 0 Å². The Kier molecular flexibility index (Phi) is 6.70. The largest absolute Gasteiger partial charge is 0.481 e. The predicted octanol–water partition coefficient (Wildman–Crippen LogP) is 0.735. The first kappa shape index (κ1) is 13.9. The van der Waals surface area contributed by atoms with E-state index in [1.54, 1.807) is 14.0 Å². The zero-order chi connectivity index (χ0) is 11.8. The highest BCUT2D eigenvalue weighted by atomic mass is 16.5. The van der Waals surface area contributed by atoms with Crippen molar-refractivity contribution in [2.24, 2.45) is 0 Å². The molecule has 0 aliphatic rings. The maximum atomic E-state index is 11.0. The van der Waals surface area contributed by atoms with Crippen LogP contribution >= 0.6 is 0 Å². The smallest absolute Gasteiger partial charge is 0.307 e. The Hall–Kier alpha value is -1.10. The lowest BCUT2D eigenvalue weighted by atomic mass is 10.2. The molecule has 5 heteroatoms. The summed E-state index contributed by atoms with van der Waals surface area (Å²) in [4.78, 5) is 23.3. The normalized spacial score (nSPS) is 12.5. The Morgan fingerprint density at radius 2 is 2.07 bits per heavy atom. The van der Waals surface area contributed by atoms with Gasteiger partial charge in [-0.1, -0.05) is 0 Å². The van der Waals surface area contributed by atoms with Gasteiger partial charge in [0.25, 0.3) is 0 Å². The molecule has 0 radical (unpaired) electrons. The maximum Gasteiger partial charge on any atom is 0.307 e. The molecule has 1 unspecified atom stereocenters. The van der Waals surface area contributed by atoms with Crippen LogP contribution in [0.5, 0.6) is 0 Å². The molecule has 1 N–H and O–H groups in total. The Balaban J connectivity index is 3.77. The van der Waals surface area contributed by atoms with Crippen LogP contribution < -0.4 is 0 Å². The van der Waals surface area contributed by atoms with E-state index in [0.717, 1.165) is 0 Å². The first-order valence-electron chi connectivity index (χ1n) is 5.05. The van der Waals surface area contributed by atoms with E-state index in [2.05, 4.69) is 0 Å². The number of ether oxygens (including phenoxy) is 1. The molecule has 0 heterocycles. The number of carbonyl (C=O) groups excluding carboxylic acids is 1. The van der Waals surface area contributed by atoms with E-state index in [1.807, 2.05) is 11.8 Å². The van der Waals surface area contributed by atoms with Gasteiger partial charge in [-0.15, -0.1) is 0 Å². The van der Waals surface area contributed by atoms with E-state index < -0.39 is 5.97 Å². The molecule has 0 rings (SSSR count). The maximum absolute atomic E-state index is 11.0. The first-order chi connectivity index (χ1) is 6.97. The number of hydrogen-bond donors (Lipinski definition) is 1. The van der Waals surface area contributed by atoms with Gasteiger partial charge < -0.3 is 14.7 Å². The number of carboxylic acids is 1. The Labute approximate surface area is 90.0 Å². The second-order valence-corrected chi connectivity index (χ2v) is 3.48. The average molecular weight is 217 g/mol. The van der Waals surface area contributed by atoms with Crippen molar-refractivity contribution in [1.29, 1.82) is 0 Å². The van der Waals surface area contributed by atoms with Gasteiger partial charge in [0, 0.05) is 12.6 Å². The highest BCUT2D eigenvalue weighted by Crippen LogP contribution is 2.02. The average Bonchev–Trinajstić information content (AvgIpc) is 2.13. The second-order valence-electron chi connectivity index (χ2n) is 3.48. The SMILES string of the molecule is CCOC(=O)CCN(C)C(C)CC(=O)O. The standard InChI is InChI=1S/C10H19NO4/c1-4-15-10(14)5-6-11(3)8(2)7-9(12)13/h8H,4-7H2,1-3H3,(H,12,13). The highest BCUT2D eigenvalue weighted by Gasteiger charge is 2.14. The van der Waals surface area contributed by atoms with Gasteiger partial charge in [-0.3, -0.25) is 9.59 Å². The van der Waals surface area contributed by atoms with Crippen LogP contribution in [0.25, 0.3) is 0 Å². The first-order valence-corrected chi connectivity index (χ1v) is 5.05. The summed E-state index contributed by atoms with van der Waals surface area (Å²) in [5.74, 6) is -1.07. The zero-order valence-electron chi connectivity index (χ0n) is 9.52. The fourth-order valence-electron chi connectivity index (χ4n) is 1.13. The molecule has 88 valence electrons. The van der Waals surface area contributed by atoms with Crippen LogP contribution in [0.3, 0.4) is 0 Å². The molecule has 0 aliphatic carbocycles. The van der Waals surface area contributed by atoms with Gasteiger partial charge in [-0.05, 0) is 20.9 Å². The number of carbonyl (C=O) groups is 2. The fourth-order valence-corrected chi connectivity index (χ4v) is 1.13. The number of hydrogen-bond acceptors (Lipinski definition) is 4. The van der Waals surface area contributed by atoms with Crippen molar-refractivity contribution in [3.05, 3.63) is 0 Å². The van der Waals surface area contributed by atoms with E-state index in [0.29, 0.717) is 19.6 Å². The van der Waals surface area contributed by atoms with Gasteiger partial charge in [0.05, 0.1) is 19.4 Å². The molecule has 0 amide bonds. The summed E-state index contributed by atoms with van der Waals surface area (Å²) in [6, 6.07) is -0.0723. The summed E-state index contributed by atoms with van der Waals surface area (Å²) < 4.78 is 4.77. The molecule has 15 heavy (non-hydrogen) atoms. The van der Waals surface area contributed by atoms with Crippen LogP contribution in [0.4, 0.5) is 0 Å². The second kappa shape index (κ2) is 7.23. The minimum Gasteiger partial charge on any atom is -0.481 e. The van der Waals surface area contributed by atoms with Crippen molar-refractivity contribution in [3.8, 4) is 0 Å². The third-order valence-corrected chi connectivity index (χ3v) is 2.20. The molecule has 0 aromatic rings. The molecule has 0 aromatic heterocycles. The van der Waals surface area contributed by atoms with Gasteiger partial charge in [-0.2, -0.15) is 0 Å². The Bertz CT molecular complexity index is 217. The van der Waals surface area contributed by atoms with Crippen molar-refractivity contribution in [2.75, 3.05) is 20.2 Å². The van der Waals surface area contributed by atoms with Crippen molar-refractivity contribution in [2.45, 2.75) is 32.7 Å². The molecule has 0 saturated heterocycles. The van der Waals surface area contributed by atoms with Gasteiger partial charge in [0.15, 0.2) is 0 Å². The number of aliphatic carboxylic acids is 1. The van der Waals surface area contributed by atoms with E-state index in [-0.39, 0.29) is 18.4 Å². The molecule has 0 aliphatic heterocycles. The molecular weight excluding hydrogens is 198 g/mol. The molecular formula is C10H19NO4. The molecule has 0 fully saturated rings. The van der Waals surface area contributed by atoms with Gasteiger partial charge in [0.2, 0.25) is 0 Å². The van der Waals surface area contributed by atoms with Crippen LogP contribution in [0, 0.1) is 0 Å². The molecule has 1 atom stereocenters. The lowest BCUT2D eigenvalue weighted by molar-refractivity contribution is -0.143. The van der Waals surface area contributed by atoms with E-state index in [9.17, 15) is 9.59 Å². The summed E-state index contributed by atoms with van der Waals surface area (Å²) in [5.41, 5.74) is 0. The summed E-state index contributed by atoms with van der Waals surface area (Å²) >= 11 is 0. The van der Waals surface area contributed by atoms with Crippen molar-refractivity contribution in [3.63, 3.8) is 0 Å². The molecule has 0 aromatic carbocycles. The third kappa shape index (κ3) is 6.90. The van der Waals surface area contributed by atoms with Crippen molar-refractivity contribution in [1.82, 2.24) is 4.90 Å². The van der Waals surface area contributed by atoms with Crippen LogP contribution in [-0.2, 0) is 14.3 Å². The van der Waals surface area contributed by atoms with E-state index in [4.69, 9.17) is 9.84 Å². The summed E-state index contributed by atoms with van der Waals surface area (Å²) in [6.45, 7) is 4.48. The number of carboxylic acid groups (broad SMARTS) is 1. The number of rotatable bonds is 7. The van der Waals surface area contributed by atoms with Crippen molar-refractivity contribution < 1.29 is 19.4 Å². The molecule has 5 nitrogen and oxygen atoms in total. The number of esters is 1. The lowest BCUT2D eigenvalue weighted by Crippen LogP contribution is -2.33. The zero-order valence-corrected chi connectivity index (χ0v) is 9.52. The minimum atomic E-state index is -0.828. The van der Waals surface area contributed by atoms with Gasteiger partial charge >= 0.3 is 11.9 Å². The summed E-state index contributed by atoms with van der Waals surface area (Å²) in [6.07, 6.45) is 0.383. The fraction of sp³-hybridized carbons (Fsp3) is 0.800. The molecule has 0 saturated carbocycles. The Morgan fingerprint density at radius 3 is 2.53 bits per heavy atom. The highest BCUT2D eigenvalue weighted by molar-refractivity contribution is 5.69. The Morgan fingerprint density at radius 1 is 1.47 bits per heavy atom. The topological polar surface area (TPSA) is 66.8 Å². The minimum absolute atomic E-state index is 0.0723. The molecule has 0 spiro atoms. The van der Waals surface area contributed by atoms with Crippen LogP contribution in [0.2, 0.25) is 0 Å². The summed E-state index contributed by atoms with van der Waals surface area (Å²) in [7, 11) is 1.80. The quantitative estimate of drug-likeness (QED) is 0.637. The van der Waals surface area contributed by atoms with Crippen molar-refractivity contribution >= 4 is 11.9 Å². The van der Waals surface area contributed by atoms with Gasteiger partial charge in [-0.25, -0.2) is 0 Å². The lowest BCUT2D eigenvalue weighted by Gasteiger charge is -2.22.